The Morgan fingerprint density at radius 3 is 2.76 bits per heavy atom. The first-order valence-electron chi connectivity index (χ1n) is 5.29. The molecule has 1 N–H and O–H groups in total. The van der Waals surface area contributed by atoms with Crippen molar-refractivity contribution in [3.8, 4) is 0 Å². The van der Waals surface area contributed by atoms with E-state index in [1.54, 1.807) is 0 Å². The Bertz CT molecular complexity index is 487. The maximum atomic E-state index is 13.1. The molecule has 0 fully saturated rings. The minimum atomic E-state index is -1.09. The highest BCUT2D eigenvalue weighted by molar-refractivity contribution is 5.84. The molecular weight excluding hydrogens is 225 g/mol. The third-order valence-corrected chi connectivity index (χ3v) is 2.97. The molecule has 0 aromatic heterocycles. The molecule has 0 bridgehead atoms. The molecule has 17 heavy (non-hydrogen) atoms. The van der Waals surface area contributed by atoms with Crippen molar-refractivity contribution in [2.75, 3.05) is 6.54 Å². The van der Waals surface area contributed by atoms with E-state index in [-0.39, 0.29) is 11.7 Å². The highest BCUT2D eigenvalue weighted by Gasteiger charge is 2.34. The summed E-state index contributed by atoms with van der Waals surface area (Å²) in [6, 6.07) is 3.00. The van der Waals surface area contributed by atoms with Gasteiger partial charge in [-0.25, -0.2) is 9.18 Å². The Hall–Kier alpha value is -1.91. The average molecular weight is 237 g/mol. The van der Waals surface area contributed by atoms with E-state index >= 15 is 0 Å². The van der Waals surface area contributed by atoms with Crippen molar-refractivity contribution in [1.82, 2.24) is 4.90 Å². The molecule has 0 saturated heterocycles. The van der Waals surface area contributed by atoms with Crippen LogP contribution >= 0.6 is 0 Å². The van der Waals surface area contributed by atoms with Gasteiger partial charge < -0.3 is 10.0 Å². The summed E-state index contributed by atoms with van der Waals surface area (Å²) in [7, 11) is 0. The zero-order valence-corrected chi connectivity index (χ0v) is 9.31. The predicted octanol–water partition coefficient (Wildman–Crippen LogP) is 1.36. The minimum Gasteiger partial charge on any atom is -0.479 e. The van der Waals surface area contributed by atoms with Gasteiger partial charge in [-0.2, -0.15) is 0 Å². The summed E-state index contributed by atoms with van der Waals surface area (Å²) >= 11 is 0. The fourth-order valence-electron chi connectivity index (χ4n) is 2.20. The number of carbonyl (C=O) groups excluding carboxylic acids is 1. The van der Waals surface area contributed by atoms with Crippen LogP contribution in [0, 0.1) is 5.82 Å². The van der Waals surface area contributed by atoms with E-state index in [0.717, 1.165) is 0 Å². The molecule has 0 radical (unpaired) electrons. The number of benzene rings is 1. The summed E-state index contributed by atoms with van der Waals surface area (Å²) in [6.07, 6.45) is 0.483. The first-order chi connectivity index (χ1) is 8.00. The molecule has 0 unspecified atom stereocenters. The predicted molar refractivity (Wildman–Crippen MR) is 57.9 cm³/mol. The minimum absolute atomic E-state index is 0.285. The monoisotopic (exact) mass is 237 g/mol. The molecule has 1 heterocycles. The molecule has 1 aromatic carbocycles. The largest absolute Gasteiger partial charge is 0.479 e. The Balaban J connectivity index is 2.49. The average Bonchev–Trinajstić information content (AvgIpc) is 2.26. The van der Waals surface area contributed by atoms with Crippen LogP contribution in [0.3, 0.4) is 0 Å². The topological polar surface area (TPSA) is 57.6 Å². The van der Waals surface area contributed by atoms with Crippen LogP contribution in [-0.2, 0) is 16.0 Å². The molecule has 90 valence electrons. The lowest BCUT2D eigenvalue weighted by Crippen LogP contribution is -2.42. The fourth-order valence-corrected chi connectivity index (χ4v) is 2.20. The summed E-state index contributed by atoms with van der Waals surface area (Å²) < 4.78 is 13.1. The molecule has 0 aliphatic carbocycles. The number of carboxylic acid groups (broad SMARTS) is 1. The number of nitrogens with zero attached hydrogens (tertiary/aromatic N) is 1. The van der Waals surface area contributed by atoms with Crippen LogP contribution in [0.25, 0.3) is 0 Å². The van der Waals surface area contributed by atoms with Gasteiger partial charge in [0.15, 0.2) is 6.04 Å². The highest BCUT2D eigenvalue weighted by Crippen LogP contribution is 2.30. The zero-order chi connectivity index (χ0) is 12.6. The first kappa shape index (κ1) is 11.6. The summed E-state index contributed by atoms with van der Waals surface area (Å²) in [4.78, 5) is 23.9. The molecule has 1 aliphatic rings. The fraction of sp³-hybridized carbons (Fsp3) is 0.333. The van der Waals surface area contributed by atoms with E-state index in [2.05, 4.69) is 0 Å². The Morgan fingerprint density at radius 2 is 2.18 bits per heavy atom. The van der Waals surface area contributed by atoms with Gasteiger partial charge in [0, 0.05) is 13.5 Å². The lowest BCUT2D eigenvalue weighted by molar-refractivity contribution is -0.150. The lowest BCUT2D eigenvalue weighted by Gasteiger charge is -2.34. The molecule has 5 heteroatoms. The summed E-state index contributed by atoms with van der Waals surface area (Å²) in [5, 5.41) is 9.19. The van der Waals surface area contributed by atoms with Crippen molar-refractivity contribution in [3.05, 3.63) is 35.1 Å². The molecule has 0 spiro atoms. The van der Waals surface area contributed by atoms with Gasteiger partial charge in [0.25, 0.3) is 0 Å². The number of rotatable bonds is 1. The van der Waals surface area contributed by atoms with Gasteiger partial charge in [-0.15, -0.1) is 0 Å². The van der Waals surface area contributed by atoms with Crippen LogP contribution in [0.5, 0.6) is 0 Å². The van der Waals surface area contributed by atoms with E-state index in [4.69, 9.17) is 0 Å². The number of carbonyl (C=O) groups is 2. The number of aliphatic carboxylic acids is 1. The highest BCUT2D eigenvalue weighted by atomic mass is 19.1. The van der Waals surface area contributed by atoms with Crippen molar-refractivity contribution >= 4 is 11.9 Å². The molecule has 2 rings (SSSR count). The van der Waals surface area contributed by atoms with Gasteiger partial charge in [0.2, 0.25) is 5.91 Å². The van der Waals surface area contributed by atoms with Gasteiger partial charge >= 0.3 is 5.97 Å². The van der Waals surface area contributed by atoms with Crippen molar-refractivity contribution in [2.45, 2.75) is 19.4 Å². The van der Waals surface area contributed by atoms with Crippen LogP contribution in [0.1, 0.15) is 24.1 Å². The number of halogens is 1. The zero-order valence-electron chi connectivity index (χ0n) is 9.31. The lowest BCUT2D eigenvalue weighted by atomic mass is 9.92. The second-order valence-corrected chi connectivity index (χ2v) is 4.05. The Labute approximate surface area is 97.7 Å². The van der Waals surface area contributed by atoms with Gasteiger partial charge in [0.1, 0.15) is 5.82 Å². The smallest absolute Gasteiger partial charge is 0.331 e. The molecule has 0 saturated carbocycles. The van der Waals surface area contributed by atoms with Gasteiger partial charge in [-0.3, -0.25) is 4.79 Å². The number of hydrogen-bond donors (Lipinski definition) is 1. The normalized spacial score (nSPS) is 18.7. The van der Waals surface area contributed by atoms with Gasteiger partial charge in [-0.1, -0.05) is 6.07 Å². The molecule has 1 aliphatic heterocycles. The Kier molecular flexibility index (Phi) is 2.83. The molecule has 1 amide bonds. The summed E-state index contributed by atoms with van der Waals surface area (Å²) in [5.74, 6) is -1.76. The van der Waals surface area contributed by atoms with Gasteiger partial charge in [0.05, 0.1) is 0 Å². The number of amides is 1. The molecule has 1 aromatic rings. The molecule has 1 atom stereocenters. The van der Waals surface area contributed by atoms with E-state index in [0.29, 0.717) is 24.1 Å². The summed E-state index contributed by atoms with van der Waals surface area (Å²) in [5.41, 5.74) is 1.16. The van der Waals surface area contributed by atoms with E-state index in [9.17, 15) is 19.1 Å². The molecular formula is C12H12FNO3. The maximum absolute atomic E-state index is 13.1. The third kappa shape index (κ3) is 2.00. The van der Waals surface area contributed by atoms with Crippen LogP contribution in [-0.4, -0.2) is 28.4 Å². The molecule has 4 nitrogen and oxygen atoms in total. The van der Waals surface area contributed by atoms with E-state index < -0.39 is 12.0 Å². The van der Waals surface area contributed by atoms with Crippen molar-refractivity contribution < 1.29 is 19.1 Å². The van der Waals surface area contributed by atoms with E-state index in [1.807, 2.05) is 0 Å². The van der Waals surface area contributed by atoms with Gasteiger partial charge in [-0.05, 0) is 29.7 Å². The number of fused-ring (bicyclic) bond motifs is 1. The first-order valence-corrected chi connectivity index (χ1v) is 5.29. The van der Waals surface area contributed by atoms with Crippen molar-refractivity contribution in [3.63, 3.8) is 0 Å². The number of carboxylic acids is 1. The second kappa shape index (κ2) is 4.16. The SMILES string of the molecule is CC(=O)N1CCc2cc(F)ccc2[C@H]1C(=O)O. The van der Waals surface area contributed by atoms with Crippen molar-refractivity contribution in [1.29, 1.82) is 0 Å². The third-order valence-electron chi connectivity index (χ3n) is 2.97. The standard InChI is InChI=1S/C12H12FNO3/c1-7(15)14-5-4-8-6-9(13)2-3-10(8)11(14)12(16)17/h2-3,6,11H,4-5H2,1H3,(H,16,17)/t11-/m0/s1. The van der Waals surface area contributed by atoms with Crippen molar-refractivity contribution in [2.24, 2.45) is 0 Å². The van der Waals surface area contributed by atoms with E-state index in [1.165, 1.54) is 30.0 Å². The maximum Gasteiger partial charge on any atom is 0.331 e. The van der Waals surface area contributed by atoms with Crippen LogP contribution in [0.2, 0.25) is 0 Å². The second-order valence-electron chi connectivity index (χ2n) is 4.05. The van der Waals surface area contributed by atoms with Crippen LogP contribution < -0.4 is 0 Å². The van der Waals surface area contributed by atoms with Crippen LogP contribution in [0.15, 0.2) is 18.2 Å². The quantitative estimate of drug-likeness (QED) is 0.802. The number of hydrogen-bond acceptors (Lipinski definition) is 2. The summed E-state index contributed by atoms with van der Waals surface area (Å²) in [6.45, 7) is 1.65. The Morgan fingerprint density at radius 1 is 1.47 bits per heavy atom. The van der Waals surface area contributed by atoms with Crippen LogP contribution in [0.4, 0.5) is 4.39 Å².